The Morgan fingerprint density at radius 1 is 0.907 bits per heavy atom. The summed E-state index contributed by atoms with van der Waals surface area (Å²) in [5.41, 5.74) is -1.16. The second kappa shape index (κ2) is 9.98. The zero-order valence-corrected chi connectivity index (χ0v) is 27.3. The van der Waals surface area contributed by atoms with Crippen molar-refractivity contribution < 1.29 is 39.8 Å². The second-order valence-corrected chi connectivity index (χ2v) is 17.1. The van der Waals surface area contributed by atoms with Crippen LogP contribution in [0.15, 0.2) is 11.6 Å². The van der Waals surface area contributed by atoms with E-state index < -0.39 is 41.6 Å². The van der Waals surface area contributed by atoms with Crippen LogP contribution in [0.5, 0.6) is 0 Å². The number of ether oxygens (including phenoxy) is 2. The second-order valence-electron chi connectivity index (χ2n) is 17.1. The van der Waals surface area contributed by atoms with Crippen molar-refractivity contribution in [3.63, 3.8) is 0 Å². The standard InChI is InChI=1S/C35H56O8/c1-19-10-15-35(29(39)40)17-16-32(5)20(27(35)34(19,7)41)8-9-23-31(4)13-12-24(30(2,3)22(31)11-14-33(23,32)6)43-28-26(38)25(37)21(36)18-42-28/h8,19,21-28,36-38,41H,9-18H2,1-7H3,(H,39,40)/t19-,21+,22?,23?,24+,25+,26-,27-,28+,31+,32-,33-,34-,35+/m1/s1. The number of aliphatic carboxylic acids is 1. The molecular formula is C35H56O8. The average molecular weight is 605 g/mol. The fraction of sp³-hybridized carbons (Fsp3) is 0.914. The summed E-state index contributed by atoms with van der Waals surface area (Å²) in [5.74, 6) is -0.306. The molecule has 0 aromatic heterocycles. The number of allylic oxidation sites excluding steroid dienone is 1. The zero-order chi connectivity index (χ0) is 31.5. The van der Waals surface area contributed by atoms with Gasteiger partial charge in [0, 0.05) is 5.92 Å². The van der Waals surface area contributed by atoms with Gasteiger partial charge < -0.3 is 35.0 Å². The lowest BCUT2D eigenvalue weighted by Crippen LogP contribution is -2.68. The van der Waals surface area contributed by atoms with Crippen molar-refractivity contribution in [2.24, 2.45) is 50.7 Å². The van der Waals surface area contributed by atoms with Crippen molar-refractivity contribution in [1.29, 1.82) is 0 Å². The molecule has 2 unspecified atom stereocenters. The van der Waals surface area contributed by atoms with Gasteiger partial charge in [0.25, 0.3) is 0 Å². The van der Waals surface area contributed by atoms with E-state index in [9.17, 15) is 30.3 Å². The minimum absolute atomic E-state index is 0.0313. The normalized spacial score (nSPS) is 56.1. The summed E-state index contributed by atoms with van der Waals surface area (Å²) in [5, 5.41) is 53.4. The minimum atomic E-state index is -1.30. The molecule has 5 fully saturated rings. The maximum atomic E-state index is 13.0. The maximum Gasteiger partial charge on any atom is 0.310 e. The molecule has 4 saturated carbocycles. The molecule has 8 nitrogen and oxygen atoms in total. The highest BCUT2D eigenvalue weighted by atomic mass is 16.7. The summed E-state index contributed by atoms with van der Waals surface area (Å²) in [6.07, 6.45) is 5.06. The van der Waals surface area contributed by atoms with Crippen LogP contribution in [0.25, 0.3) is 0 Å². The summed E-state index contributed by atoms with van der Waals surface area (Å²) in [7, 11) is 0. The van der Waals surface area contributed by atoms with Crippen LogP contribution >= 0.6 is 0 Å². The molecule has 1 heterocycles. The smallest absolute Gasteiger partial charge is 0.310 e. The van der Waals surface area contributed by atoms with E-state index in [0.717, 1.165) is 44.9 Å². The molecule has 0 radical (unpaired) electrons. The van der Waals surface area contributed by atoms with Gasteiger partial charge in [-0.3, -0.25) is 4.79 Å². The molecule has 6 rings (SSSR count). The Morgan fingerprint density at radius 3 is 2.28 bits per heavy atom. The Bertz CT molecular complexity index is 1160. The van der Waals surface area contributed by atoms with Gasteiger partial charge in [0.05, 0.1) is 23.7 Å². The van der Waals surface area contributed by atoms with Gasteiger partial charge in [0.2, 0.25) is 0 Å². The first-order valence-corrected chi connectivity index (χ1v) is 16.9. The van der Waals surface area contributed by atoms with Crippen LogP contribution in [0.1, 0.15) is 106 Å². The summed E-state index contributed by atoms with van der Waals surface area (Å²) < 4.78 is 12.1. The lowest BCUT2D eigenvalue weighted by Gasteiger charge is -2.72. The molecule has 43 heavy (non-hydrogen) atoms. The highest BCUT2D eigenvalue weighted by Gasteiger charge is 2.71. The summed E-state index contributed by atoms with van der Waals surface area (Å²) in [6, 6.07) is 0. The molecule has 0 amide bonds. The lowest BCUT2D eigenvalue weighted by atomic mass is 9.33. The number of hydrogen-bond acceptors (Lipinski definition) is 7. The molecule has 244 valence electrons. The zero-order valence-electron chi connectivity index (χ0n) is 27.3. The largest absolute Gasteiger partial charge is 0.481 e. The fourth-order valence-electron chi connectivity index (χ4n) is 12.1. The molecule has 8 heteroatoms. The Balaban J connectivity index is 1.33. The van der Waals surface area contributed by atoms with E-state index in [1.807, 2.05) is 6.92 Å². The van der Waals surface area contributed by atoms with Gasteiger partial charge in [0.1, 0.15) is 18.3 Å². The van der Waals surface area contributed by atoms with Crippen LogP contribution in [0.3, 0.4) is 0 Å². The molecule has 0 aromatic rings. The molecule has 5 aliphatic carbocycles. The Kier molecular flexibility index (Phi) is 7.41. The average Bonchev–Trinajstić information content (AvgIpc) is 2.92. The first-order valence-electron chi connectivity index (χ1n) is 16.9. The predicted molar refractivity (Wildman–Crippen MR) is 161 cm³/mol. The number of rotatable bonds is 3. The van der Waals surface area contributed by atoms with E-state index >= 15 is 0 Å². The van der Waals surface area contributed by atoms with Crippen LogP contribution in [0.4, 0.5) is 0 Å². The number of aliphatic hydroxyl groups excluding tert-OH is 3. The first-order chi connectivity index (χ1) is 19.9. The third-order valence-corrected chi connectivity index (χ3v) is 15.2. The molecule has 6 aliphatic rings. The summed E-state index contributed by atoms with van der Waals surface area (Å²) in [4.78, 5) is 13.0. The number of aliphatic hydroxyl groups is 4. The van der Waals surface area contributed by atoms with E-state index in [2.05, 4.69) is 47.6 Å². The van der Waals surface area contributed by atoms with Crippen molar-refractivity contribution in [2.75, 3.05) is 6.61 Å². The van der Waals surface area contributed by atoms with Crippen LogP contribution in [-0.4, -0.2) is 74.4 Å². The van der Waals surface area contributed by atoms with Crippen molar-refractivity contribution >= 4 is 5.97 Å². The maximum absolute atomic E-state index is 13.0. The molecule has 5 N–H and O–H groups in total. The molecule has 1 aliphatic heterocycles. The van der Waals surface area contributed by atoms with E-state index in [-0.39, 0.29) is 46.2 Å². The number of carbonyl (C=O) groups is 1. The van der Waals surface area contributed by atoms with Crippen LogP contribution in [0.2, 0.25) is 0 Å². The Hall–Kier alpha value is -1.03. The van der Waals surface area contributed by atoms with Gasteiger partial charge >= 0.3 is 5.97 Å². The SMILES string of the molecule is C[C@@H]1CC[C@]2(C(=O)O)CC[C@]3(C)C(=CCC4[C@@]5(C)CC[C@H](O[C@@H]6OC[C@H](O)[C@H](O)[C@H]6O)C(C)(C)C5CC[C@]43C)[C@@H]2[C@]1(C)O. The number of carboxylic acids is 1. The van der Waals surface area contributed by atoms with E-state index in [1.54, 1.807) is 0 Å². The topological polar surface area (TPSA) is 137 Å². The number of carboxylic acid groups (broad SMARTS) is 1. The van der Waals surface area contributed by atoms with Gasteiger partial charge in [-0.1, -0.05) is 53.2 Å². The number of fused-ring (bicyclic) bond motifs is 7. The van der Waals surface area contributed by atoms with Crippen molar-refractivity contribution in [3.05, 3.63) is 11.6 Å². The number of hydrogen-bond donors (Lipinski definition) is 5. The van der Waals surface area contributed by atoms with Crippen LogP contribution in [0, 0.1) is 50.7 Å². The Labute approximate surface area is 257 Å². The summed E-state index contributed by atoms with van der Waals surface area (Å²) in [6.45, 7) is 15.8. The molecule has 14 atom stereocenters. The van der Waals surface area contributed by atoms with Gasteiger partial charge in [0.15, 0.2) is 6.29 Å². The van der Waals surface area contributed by atoms with Crippen molar-refractivity contribution in [2.45, 2.75) is 143 Å². The first kappa shape index (κ1) is 31.9. The van der Waals surface area contributed by atoms with Crippen LogP contribution in [-0.2, 0) is 14.3 Å². The minimum Gasteiger partial charge on any atom is -0.481 e. The van der Waals surface area contributed by atoms with Gasteiger partial charge in [-0.15, -0.1) is 0 Å². The van der Waals surface area contributed by atoms with Gasteiger partial charge in [-0.25, -0.2) is 0 Å². The van der Waals surface area contributed by atoms with E-state index in [0.29, 0.717) is 24.7 Å². The van der Waals surface area contributed by atoms with E-state index in [1.165, 1.54) is 5.57 Å². The quantitative estimate of drug-likeness (QED) is 0.232. The van der Waals surface area contributed by atoms with Crippen LogP contribution < -0.4 is 0 Å². The van der Waals surface area contributed by atoms with Crippen molar-refractivity contribution in [3.8, 4) is 0 Å². The molecule has 0 bridgehead atoms. The lowest BCUT2D eigenvalue weighted by molar-refractivity contribution is -0.308. The molecule has 0 aromatic carbocycles. The third-order valence-electron chi connectivity index (χ3n) is 15.2. The van der Waals surface area contributed by atoms with Gasteiger partial charge in [-0.05, 0) is 104 Å². The predicted octanol–water partition coefficient (Wildman–Crippen LogP) is 4.67. The highest BCUT2D eigenvalue weighted by molar-refractivity contribution is 5.77. The van der Waals surface area contributed by atoms with E-state index in [4.69, 9.17) is 9.47 Å². The fourth-order valence-corrected chi connectivity index (χ4v) is 12.1. The monoisotopic (exact) mass is 604 g/mol. The highest BCUT2D eigenvalue weighted by Crippen LogP contribution is 2.76. The van der Waals surface area contributed by atoms with Crippen molar-refractivity contribution in [1.82, 2.24) is 0 Å². The molecule has 0 spiro atoms. The molecule has 1 saturated heterocycles. The van der Waals surface area contributed by atoms with Gasteiger partial charge in [-0.2, -0.15) is 0 Å². The Morgan fingerprint density at radius 2 is 1.60 bits per heavy atom. The summed E-state index contributed by atoms with van der Waals surface area (Å²) >= 11 is 0. The third kappa shape index (κ3) is 4.11. The molecular weight excluding hydrogens is 548 g/mol.